The molecule has 0 radical (unpaired) electrons. The van der Waals surface area contributed by atoms with Gasteiger partial charge >= 0.3 is 0 Å². The molecule has 0 saturated carbocycles. The SMILES string of the molecule is Cc1ccc(S(=O)(=O)N/N=C\c2ccc(N(C)c3ccccc3)cc2)cc1. The fourth-order valence-electron chi connectivity index (χ4n) is 2.53. The molecule has 0 bridgehead atoms. The van der Waals surface area contributed by atoms with Gasteiger partial charge in [0.2, 0.25) is 0 Å². The standard InChI is InChI=1S/C21H21N3O2S/c1-17-8-14-21(15-9-17)27(25,26)23-22-16-18-10-12-20(13-11-18)24(2)19-6-4-3-5-7-19/h3-16,23H,1-2H3/b22-16-. The predicted octanol–water partition coefficient (Wildman–Crippen LogP) is 4.08. The number of benzene rings is 3. The number of para-hydroxylation sites is 1. The van der Waals surface area contributed by atoms with E-state index in [-0.39, 0.29) is 4.90 Å². The lowest BCUT2D eigenvalue weighted by molar-refractivity contribution is 0.584. The summed E-state index contributed by atoms with van der Waals surface area (Å²) in [7, 11) is -1.67. The molecule has 0 unspecified atom stereocenters. The van der Waals surface area contributed by atoms with E-state index in [1.54, 1.807) is 24.3 Å². The minimum absolute atomic E-state index is 0.185. The van der Waals surface area contributed by atoms with Crippen molar-refractivity contribution in [3.63, 3.8) is 0 Å². The first-order chi connectivity index (χ1) is 13.0. The van der Waals surface area contributed by atoms with Gasteiger partial charge in [-0.25, -0.2) is 4.83 Å². The molecule has 0 heterocycles. The van der Waals surface area contributed by atoms with Crippen LogP contribution < -0.4 is 9.73 Å². The highest BCUT2D eigenvalue weighted by atomic mass is 32.2. The number of rotatable bonds is 6. The summed E-state index contributed by atoms with van der Waals surface area (Å²) >= 11 is 0. The van der Waals surface area contributed by atoms with Crippen LogP contribution in [0.25, 0.3) is 0 Å². The first-order valence-corrected chi connectivity index (χ1v) is 9.94. The van der Waals surface area contributed by atoms with Crippen LogP contribution in [0.4, 0.5) is 11.4 Å². The minimum Gasteiger partial charge on any atom is -0.345 e. The zero-order chi connectivity index (χ0) is 19.3. The Bertz CT molecular complexity index is 1010. The van der Waals surface area contributed by atoms with E-state index in [1.807, 2.05) is 68.6 Å². The van der Waals surface area contributed by atoms with E-state index in [0.29, 0.717) is 0 Å². The van der Waals surface area contributed by atoms with Gasteiger partial charge in [-0.1, -0.05) is 48.0 Å². The van der Waals surface area contributed by atoms with Crippen molar-refractivity contribution in [3.05, 3.63) is 90.0 Å². The van der Waals surface area contributed by atoms with E-state index in [1.165, 1.54) is 6.21 Å². The molecular formula is C21H21N3O2S. The molecule has 5 nitrogen and oxygen atoms in total. The smallest absolute Gasteiger partial charge is 0.276 e. The number of aryl methyl sites for hydroxylation is 1. The van der Waals surface area contributed by atoms with Gasteiger partial charge in [0.25, 0.3) is 10.0 Å². The molecule has 1 N–H and O–H groups in total. The van der Waals surface area contributed by atoms with E-state index in [0.717, 1.165) is 22.5 Å². The predicted molar refractivity (Wildman–Crippen MR) is 110 cm³/mol. The molecule has 3 aromatic rings. The van der Waals surface area contributed by atoms with Crippen molar-refractivity contribution in [1.29, 1.82) is 0 Å². The summed E-state index contributed by atoms with van der Waals surface area (Å²) in [6, 6.07) is 24.4. The highest BCUT2D eigenvalue weighted by Gasteiger charge is 2.11. The molecule has 0 fully saturated rings. The highest BCUT2D eigenvalue weighted by molar-refractivity contribution is 7.89. The van der Waals surface area contributed by atoms with E-state index in [9.17, 15) is 8.42 Å². The number of hydrogen-bond acceptors (Lipinski definition) is 4. The average molecular weight is 379 g/mol. The molecule has 0 spiro atoms. The van der Waals surface area contributed by atoms with Gasteiger partial charge in [-0.2, -0.15) is 13.5 Å². The lowest BCUT2D eigenvalue weighted by atomic mass is 10.2. The second-order valence-electron chi connectivity index (χ2n) is 6.15. The molecule has 6 heteroatoms. The van der Waals surface area contributed by atoms with Crippen LogP contribution in [0.3, 0.4) is 0 Å². The molecule has 3 rings (SSSR count). The summed E-state index contributed by atoms with van der Waals surface area (Å²) in [5.41, 5.74) is 3.91. The summed E-state index contributed by atoms with van der Waals surface area (Å²) < 4.78 is 24.4. The number of nitrogens with one attached hydrogen (secondary N) is 1. The van der Waals surface area contributed by atoms with E-state index in [2.05, 4.69) is 14.8 Å². The normalized spacial score (nSPS) is 11.5. The maximum atomic E-state index is 12.2. The van der Waals surface area contributed by atoms with Crippen LogP contribution in [-0.2, 0) is 10.0 Å². The van der Waals surface area contributed by atoms with Crippen LogP contribution in [0.2, 0.25) is 0 Å². The summed E-state index contributed by atoms with van der Waals surface area (Å²) in [4.78, 5) is 4.49. The third-order valence-electron chi connectivity index (χ3n) is 4.14. The highest BCUT2D eigenvalue weighted by Crippen LogP contribution is 2.22. The van der Waals surface area contributed by atoms with Crippen molar-refractivity contribution < 1.29 is 8.42 Å². The molecular weight excluding hydrogens is 358 g/mol. The zero-order valence-electron chi connectivity index (χ0n) is 15.2. The Morgan fingerprint density at radius 2 is 1.44 bits per heavy atom. The van der Waals surface area contributed by atoms with E-state index >= 15 is 0 Å². The Morgan fingerprint density at radius 1 is 0.852 bits per heavy atom. The van der Waals surface area contributed by atoms with Gasteiger partial charge in [-0.05, 0) is 48.9 Å². The van der Waals surface area contributed by atoms with E-state index in [4.69, 9.17) is 0 Å². The van der Waals surface area contributed by atoms with Gasteiger partial charge in [0.1, 0.15) is 0 Å². The molecule has 0 saturated heterocycles. The van der Waals surface area contributed by atoms with Crippen LogP contribution >= 0.6 is 0 Å². The van der Waals surface area contributed by atoms with Gasteiger partial charge in [0.15, 0.2) is 0 Å². The van der Waals surface area contributed by atoms with Crippen LogP contribution in [-0.4, -0.2) is 21.7 Å². The number of nitrogens with zero attached hydrogens (tertiary/aromatic N) is 2. The summed E-state index contributed by atoms with van der Waals surface area (Å²) in [6.07, 6.45) is 1.48. The molecule has 0 aliphatic carbocycles. The monoisotopic (exact) mass is 379 g/mol. The summed E-state index contributed by atoms with van der Waals surface area (Å²) in [5, 5.41) is 3.87. The van der Waals surface area contributed by atoms with Crippen LogP contribution in [0.15, 0.2) is 88.9 Å². The van der Waals surface area contributed by atoms with Crippen LogP contribution in [0.1, 0.15) is 11.1 Å². The Hall–Kier alpha value is -3.12. The molecule has 3 aromatic carbocycles. The van der Waals surface area contributed by atoms with Gasteiger partial charge in [0, 0.05) is 18.4 Å². The molecule has 0 aromatic heterocycles. The van der Waals surface area contributed by atoms with Crippen molar-refractivity contribution in [2.45, 2.75) is 11.8 Å². The van der Waals surface area contributed by atoms with E-state index < -0.39 is 10.0 Å². The number of sulfonamides is 1. The van der Waals surface area contributed by atoms with Crippen molar-refractivity contribution in [1.82, 2.24) is 4.83 Å². The molecule has 0 aliphatic rings. The van der Waals surface area contributed by atoms with Crippen molar-refractivity contribution in [2.24, 2.45) is 5.10 Å². The maximum Gasteiger partial charge on any atom is 0.276 e. The van der Waals surface area contributed by atoms with Gasteiger partial charge < -0.3 is 4.90 Å². The van der Waals surface area contributed by atoms with Crippen molar-refractivity contribution >= 4 is 27.6 Å². The quantitative estimate of drug-likeness (QED) is 0.519. The lowest BCUT2D eigenvalue weighted by Gasteiger charge is -2.19. The molecule has 0 amide bonds. The zero-order valence-corrected chi connectivity index (χ0v) is 16.0. The Kier molecular flexibility index (Phi) is 5.57. The van der Waals surface area contributed by atoms with Crippen molar-refractivity contribution in [3.8, 4) is 0 Å². The topological polar surface area (TPSA) is 61.8 Å². The second kappa shape index (κ2) is 8.05. The first-order valence-electron chi connectivity index (χ1n) is 8.46. The van der Waals surface area contributed by atoms with Crippen LogP contribution in [0, 0.1) is 6.92 Å². The maximum absolute atomic E-state index is 12.2. The molecule has 138 valence electrons. The fraction of sp³-hybridized carbons (Fsp3) is 0.0952. The summed E-state index contributed by atoms with van der Waals surface area (Å²) in [5.74, 6) is 0. The first kappa shape index (κ1) is 18.7. The lowest BCUT2D eigenvalue weighted by Crippen LogP contribution is -2.18. The molecule has 0 aliphatic heterocycles. The average Bonchev–Trinajstić information content (AvgIpc) is 2.69. The summed E-state index contributed by atoms with van der Waals surface area (Å²) in [6.45, 7) is 1.90. The Balaban J connectivity index is 1.66. The fourth-order valence-corrected chi connectivity index (χ4v) is 3.32. The third kappa shape index (κ3) is 4.74. The second-order valence-corrected chi connectivity index (χ2v) is 7.81. The molecule has 0 atom stereocenters. The number of hydrazone groups is 1. The number of anilines is 2. The molecule has 27 heavy (non-hydrogen) atoms. The van der Waals surface area contributed by atoms with Gasteiger partial charge in [-0.3, -0.25) is 0 Å². The third-order valence-corrected chi connectivity index (χ3v) is 5.38. The minimum atomic E-state index is -3.66. The van der Waals surface area contributed by atoms with Gasteiger partial charge in [0.05, 0.1) is 11.1 Å². The Labute approximate surface area is 160 Å². The number of hydrogen-bond donors (Lipinski definition) is 1. The van der Waals surface area contributed by atoms with Gasteiger partial charge in [-0.15, -0.1) is 0 Å². The Morgan fingerprint density at radius 3 is 2.07 bits per heavy atom. The van der Waals surface area contributed by atoms with Crippen molar-refractivity contribution in [2.75, 3.05) is 11.9 Å². The largest absolute Gasteiger partial charge is 0.345 e. The van der Waals surface area contributed by atoms with Crippen LogP contribution in [0.5, 0.6) is 0 Å².